The van der Waals surface area contributed by atoms with Crippen molar-refractivity contribution < 1.29 is 14.0 Å². The summed E-state index contributed by atoms with van der Waals surface area (Å²) in [5.74, 6) is -0.490. The Balaban J connectivity index is 1.47. The van der Waals surface area contributed by atoms with Crippen molar-refractivity contribution >= 4 is 11.8 Å². The van der Waals surface area contributed by atoms with Crippen molar-refractivity contribution in [2.45, 2.75) is 44.6 Å². The largest absolute Gasteiger partial charge is 0.355 e. The number of carbonyl (C=O) groups excluding carboxylic acids is 2. The van der Waals surface area contributed by atoms with E-state index in [4.69, 9.17) is 0 Å². The quantitative estimate of drug-likeness (QED) is 0.905. The second kappa shape index (κ2) is 7.11. The molecule has 0 aromatic heterocycles. The third-order valence-corrected chi connectivity index (χ3v) is 4.95. The van der Waals surface area contributed by atoms with Crippen LogP contribution in [0.25, 0.3) is 0 Å². The molecule has 124 valence electrons. The number of hydrogen-bond acceptors (Lipinski definition) is 2. The summed E-state index contributed by atoms with van der Waals surface area (Å²) in [4.78, 5) is 26.3. The molecule has 1 aromatic carbocycles. The maximum atomic E-state index is 13.5. The number of benzene rings is 1. The lowest BCUT2D eigenvalue weighted by Crippen LogP contribution is -2.37. The predicted molar refractivity (Wildman–Crippen MR) is 85.2 cm³/mol. The van der Waals surface area contributed by atoms with E-state index in [9.17, 15) is 14.0 Å². The number of rotatable bonds is 5. The molecule has 23 heavy (non-hydrogen) atoms. The topological polar surface area (TPSA) is 49.4 Å². The van der Waals surface area contributed by atoms with Crippen LogP contribution in [0.5, 0.6) is 0 Å². The molecule has 0 bridgehead atoms. The average molecular weight is 318 g/mol. The first-order valence-electron chi connectivity index (χ1n) is 8.45. The van der Waals surface area contributed by atoms with E-state index in [1.807, 2.05) is 4.90 Å². The van der Waals surface area contributed by atoms with E-state index in [2.05, 4.69) is 5.32 Å². The molecule has 0 unspecified atom stereocenters. The maximum Gasteiger partial charge on any atom is 0.225 e. The van der Waals surface area contributed by atoms with Crippen molar-refractivity contribution in [3.05, 3.63) is 35.6 Å². The lowest BCUT2D eigenvalue weighted by atomic mass is 10.1. The molecular weight excluding hydrogens is 295 g/mol. The van der Waals surface area contributed by atoms with E-state index in [1.54, 1.807) is 18.2 Å². The molecular formula is C18H23FN2O2. The van der Waals surface area contributed by atoms with E-state index in [0.29, 0.717) is 37.5 Å². The summed E-state index contributed by atoms with van der Waals surface area (Å²) in [5.41, 5.74) is 0.600. The third-order valence-electron chi connectivity index (χ3n) is 4.95. The van der Waals surface area contributed by atoms with Gasteiger partial charge in [0.1, 0.15) is 5.82 Å². The van der Waals surface area contributed by atoms with Crippen LogP contribution in [-0.2, 0) is 16.0 Å². The van der Waals surface area contributed by atoms with Gasteiger partial charge in [0.25, 0.3) is 0 Å². The molecule has 1 atom stereocenters. The number of nitrogens with zero attached hydrogens (tertiary/aromatic N) is 1. The van der Waals surface area contributed by atoms with Crippen molar-refractivity contribution in [1.82, 2.24) is 10.2 Å². The third kappa shape index (κ3) is 3.71. The number of carbonyl (C=O) groups is 2. The van der Waals surface area contributed by atoms with E-state index in [0.717, 1.165) is 12.8 Å². The lowest BCUT2D eigenvalue weighted by molar-refractivity contribution is -0.130. The molecule has 0 radical (unpaired) electrons. The summed E-state index contributed by atoms with van der Waals surface area (Å²) in [6, 6.07) is 6.92. The SMILES string of the molecule is O=C(NCCc1ccccc1F)[C@@H]1CC(=O)N(C2CCCC2)C1. The summed E-state index contributed by atoms with van der Waals surface area (Å²) in [6.07, 6.45) is 5.25. The normalized spacial score (nSPS) is 21.9. The second-order valence-electron chi connectivity index (χ2n) is 6.52. The molecule has 1 saturated heterocycles. The van der Waals surface area contributed by atoms with Crippen LogP contribution in [0.1, 0.15) is 37.7 Å². The molecule has 1 heterocycles. The molecule has 1 N–H and O–H groups in total. The van der Waals surface area contributed by atoms with E-state index in [-0.39, 0.29) is 23.5 Å². The minimum absolute atomic E-state index is 0.0878. The van der Waals surface area contributed by atoms with Crippen molar-refractivity contribution in [3.63, 3.8) is 0 Å². The zero-order valence-electron chi connectivity index (χ0n) is 13.3. The summed E-state index contributed by atoms with van der Waals surface area (Å²) in [6.45, 7) is 0.933. The van der Waals surface area contributed by atoms with Crippen LogP contribution in [-0.4, -0.2) is 35.8 Å². The van der Waals surface area contributed by atoms with Gasteiger partial charge in [0.05, 0.1) is 5.92 Å². The van der Waals surface area contributed by atoms with Gasteiger partial charge in [-0.1, -0.05) is 31.0 Å². The number of hydrogen-bond donors (Lipinski definition) is 1. The molecule has 2 aliphatic rings. The fourth-order valence-electron chi connectivity index (χ4n) is 3.64. The fourth-order valence-corrected chi connectivity index (χ4v) is 3.64. The van der Waals surface area contributed by atoms with Crippen LogP contribution in [0.3, 0.4) is 0 Å². The predicted octanol–water partition coefficient (Wildman–Crippen LogP) is 2.28. The molecule has 1 saturated carbocycles. The van der Waals surface area contributed by atoms with Crippen LogP contribution in [0, 0.1) is 11.7 Å². The Morgan fingerprint density at radius 3 is 2.74 bits per heavy atom. The zero-order valence-corrected chi connectivity index (χ0v) is 13.3. The molecule has 0 spiro atoms. The van der Waals surface area contributed by atoms with Crippen LogP contribution in [0.15, 0.2) is 24.3 Å². The fraction of sp³-hybridized carbons (Fsp3) is 0.556. The highest BCUT2D eigenvalue weighted by Crippen LogP contribution is 2.29. The summed E-state index contributed by atoms with van der Waals surface area (Å²) < 4.78 is 13.5. The Hall–Kier alpha value is -1.91. The highest BCUT2D eigenvalue weighted by Gasteiger charge is 2.38. The van der Waals surface area contributed by atoms with Crippen molar-refractivity contribution in [1.29, 1.82) is 0 Å². The Morgan fingerprint density at radius 1 is 1.26 bits per heavy atom. The van der Waals surface area contributed by atoms with Gasteiger partial charge < -0.3 is 10.2 Å². The van der Waals surface area contributed by atoms with Gasteiger partial charge in [-0.3, -0.25) is 9.59 Å². The number of likely N-dealkylation sites (tertiary alicyclic amines) is 1. The van der Waals surface area contributed by atoms with Crippen molar-refractivity contribution in [2.24, 2.45) is 5.92 Å². The van der Waals surface area contributed by atoms with Gasteiger partial charge in [0.15, 0.2) is 0 Å². The number of nitrogens with one attached hydrogen (secondary N) is 1. The second-order valence-corrected chi connectivity index (χ2v) is 6.52. The minimum Gasteiger partial charge on any atom is -0.355 e. The standard InChI is InChI=1S/C18H23FN2O2/c19-16-8-4-1-5-13(16)9-10-20-18(23)14-11-17(22)21(12-14)15-6-2-3-7-15/h1,4-5,8,14-15H,2-3,6-7,9-12H2,(H,20,23)/t14-/m1/s1. The average Bonchev–Trinajstić information content (AvgIpc) is 3.18. The maximum absolute atomic E-state index is 13.5. The summed E-state index contributed by atoms with van der Waals surface area (Å²) in [5, 5.41) is 2.85. The van der Waals surface area contributed by atoms with Gasteiger partial charge in [-0.25, -0.2) is 4.39 Å². The Morgan fingerprint density at radius 2 is 2.00 bits per heavy atom. The highest BCUT2D eigenvalue weighted by atomic mass is 19.1. The summed E-state index contributed by atoms with van der Waals surface area (Å²) >= 11 is 0. The smallest absolute Gasteiger partial charge is 0.225 e. The van der Waals surface area contributed by atoms with Crippen LogP contribution < -0.4 is 5.32 Å². The molecule has 4 nitrogen and oxygen atoms in total. The Labute approximate surface area is 136 Å². The van der Waals surface area contributed by atoms with Crippen LogP contribution in [0.4, 0.5) is 4.39 Å². The van der Waals surface area contributed by atoms with E-state index < -0.39 is 0 Å². The van der Waals surface area contributed by atoms with Crippen LogP contribution in [0.2, 0.25) is 0 Å². The zero-order chi connectivity index (χ0) is 16.2. The highest BCUT2D eigenvalue weighted by molar-refractivity contribution is 5.89. The van der Waals surface area contributed by atoms with Crippen molar-refractivity contribution in [3.8, 4) is 0 Å². The van der Waals surface area contributed by atoms with Gasteiger partial charge in [-0.05, 0) is 30.9 Å². The lowest BCUT2D eigenvalue weighted by Gasteiger charge is -2.23. The van der Waals surface area contributed by atoms with Gasteiger partial charge in [0, 0.05) is 25.6 Å². The molecule has 5 heteroatoms. The molecule has 2 fully saturated rings. The van der Waals surface area contributed by atoms with E-state index in [1.165, 1.54) is 18.9 Å². The first-order valence-corrected chi connectivity index (χ1v) is 8.45. The minimum atomic E-state index is -0.260. The Bertz CT molecular complexity index is 584. The first-order chi connectivity index (χ1) is 11.1. The Kier molecular flexibility index (Phi) is 4.94. The monoisotopic (exact) mass is 318 g/mol. The first kappa shape index (κ1) is 16.0. The summed E-state index contributed by atoms with van der Waals surface area (Å²) in [7, 11) is 0. The number of halogens is 1. The van der Waals surface area contributed by atoms with Gasteiger partial charge in [-0.2, -0.15) is 0 Å². The van der Waals surface area contributed by atoms with Gasteiger partial charge >= 0.3 is 0 Å². The molecule has 2 amide bonds. The molecule has 1 aliphatic carbocycles. The van der Waals surface area contributed by atoms with Crippen LogP contribution >= 0.6 is 0 Å². The van der Waals surface area contributed by atoms with E-state index >= 15 is 0 Å². The van der Waals surface area contributed by atoms with Gasteiger partial charge in [0.2, 0.25) is 11.8 Å². The molecule has 3 rings (SSSR count). The molecule has 1 aromatic rings. The van der Waals surface area contributed by atoms with Gasteiger partial charge in [-0.15, -0.1) is 0 Å². The van der Waals surface area contributed by atoms with Crippen molar-refractivity contribution in [2.75, 3.05) is 13.1 Å². The molecule has 1 aliphatic heterocycles. The number of amides is 2.